The van der Waals surface area contributed by atoms with Crippen LogP contribution in [0.2, 0.25) is 0 Å². The van der Waals surface area contributed by atoms with Crippen molar-refractivity contribution in [3.63, 3.8) is 0 Å². The van der Waals surface area contributed by atoms with Crippen molar-refractivity contribution in [1.29, 1.82) is 0 Å². The number of benzene rings is 1. The first kappa shape index (κ1) is 18.1. The summed E-state index contributed by atoms with van der Waals surface area (Å²) in [6.07, 6.45) is 0.446. The van der Waals surface area contributed by atoms with Gasteiger partial charge in [0.25, 0.3) is 5.91 Å². The number of amides is 2. The molecule has 0 fully saturated rings. The van der Waals surface area contributed by atoms with E-state index in [4.69, 9.17) is 0 Å². The summed E-state index contributed by atoms with van der Waals surface area (Å²) in [5.41, 5.74) is 1.53. The lowest BCUT2D eigenvalue weighted by Gasteiger charge is -2.11. The van der Waals surface area contributed by atoms with Crippen LogP contribution in [0.5, 0.6) is 0 Å². The van der Waals surface area contributed by atoms with Crippen LogP contribution >= 0.6 is 0 Å². The van der Waals surface area contributed by atoms with E-state index in [0.717, 1.165) is 12.1 Å². The topological polar surface area (TPSA) is 73.5 Å². The minimum Gasteiger partial charge on any atom is -0.352 e. The zero-order valence-corrected chi connectivity index (χ0v) is 13.6. The van der Waals surface area contributed by atoms with Gasteiger partial charge < -0.3 is 20.9 Å². The second kappa shape index (κ2) is 9.92. The molecular formula is C16H26N4O2. The SMILES string of the molecule is CNCCC(=O)NCc1cccc(C(=O)NCCN(C)C)c1. The molecule has 0 saturated carbocycles. The molecule has 1 aromatic rings. The monoisotopic (exact) mass is 306 g/mol. The summed E-state index contributed by atoms with van der Waals surface area (Å²) in [6.45, 7) is 2.49. The van der Waals surface area contributed by atoms with Crippen LogP contribution in [-0.2, 0) is 11.3 Å². The Morgan fingerprint density at radius 2 is 1.91 bits per heavy atom. The molecule has 1 rings (SSSR count). The fourth-order valence-electron chi connectivity index (χ4n) is 1.85. The van der Waals surface area contributed by atoms with Gasteiger partial charge in [0.2, 0.25) is 5.91 Å². The molecule has 22 heavy (non-hydrogen) atoms. The van der Waals surface area contributed by atoms with Gasteiger partial charge in [-0.15, -0.1) is 0 Å². The van der Waals surface area contributed by atoms with Gasteiger partial charge >= 0.3 is 0 Å². The maximum absolute atomic E-state index is 12.0. The minimum absolute atomic E-state index is 0.00446. The van der Waals surface area contributed by atoms with E-state index in [1.54, 1.807) is 6.07 Å². The van der Waals surface area contributed by atoms with E-state index in [1.165, 1.54) is 0 Å². The molecule has 0 unspecified atom stereocenters. The molecule has 2 amide bonds. The lowest BCUT2D eigenvalue weighted by molar-refractivity contribution is -0.121. The molecule has 3 N–H and O–H groups in total. The molecule has 0 aromatic heterocycles. The Morgan fingerprint density at radius 3 is 2.59 bits per heavy atom. The minimum atomic E-state index is -0.0924. The highest BCUT2D eigenvalue weighted by molar-refractivity contribution is 5.94. The molecule has 0 bridgehead atoms. The zero-order chi connectivity index (χ0) is 16.4. The highest BCUT2D eigenvalue weighted by Crippen LogP contribution is 2.05. The Morgan fingerprint density at radius 1 is 1.14 bits per heavy atom. The Balaban J connectivity index is 2.47. The maximum atomic E-state index is 12.0. The highest BCUT2D eigenvalue weighted by atomic mass is 16.2. The van der Waals surface area contributed by atoms with Gasteiger partial charge in [-0.05, 0) is 38.8 Å². The zero-order valence-electron chi connectivity index (χ0n) is 13.6. The van der Waals surface area contributed by atoms with Gasteiger partial charge in [0.1, 0.15) is 0 Å². The van der Waals surface area contributed by atoms with E-state index in [0.29, 0.717) is 31.6 Å². The van der Waals surface area contributed by atoms with E-state index in [-0.39, 0.29) is 11.8 Å². The van der Waals surface area contributed by atoms with Crippen molar-refractivity contribution in [2.75, 3.05) is 40.8 Å². The van der Waals surface area contributed by atoms with Crippen LogP contribution in [0.15, 0.2) is 24.3 Å². The number of carbonyl (C=O) groups is 2. The molecule has 122 valence electrons. The number of hydrogen-bond acceptors (Lipinski definition) is 4. The number of likely N-dealkylation sites (N-methyl/N-ethyl adjacent to an activating group) is 1. The molecule has 0 saturated heterocycles. The van der Waals surface area contributed by atoms with Crippen LogP contribution in [0.1, 0.15) is 22.3 Å². The van der Waals surface area contributed by atoms with E-state index in [1.807, 2.05) is 44.2 Å². The van der Waals surface area contributed by atoms with Gasteiger partial charge in [0.05, 0.1) is 0 Å². The first-order chi connectivity index (χ1) is 10.5. The number of hydrogen-bond donors (Lipinski definition) is 3. The third-order valence-electron chi connectivity index (χ3n) is 3.13. The number of carbonyl (C=O) groups excluding carboxylic acids is 2. The average Bonchev–Trinajstić information content (AvgIpc) is 2.50. The Bertz CT molecular complexity index is 489. The van der Waals surface area contributed by atoms with Gasteiger partial charge in [-0.25, -0.2) is 0 Å². The van der Waals surface area contributed by atoms with E-state index in [2.05, 4.69) is 16.0 Å². The van der Waals surface area contributed by atoms with Gasteiger partial charge in [0.15, 0.2) is 0 Å². The maximum Gasteiger partial charge on any atom is 0.251 e. The molecule has 6 heteroatoms. The predicted octanol–water partition coefficient (Wildman–Crippen LogP) is 0.204. The van der Waals surface area contributed by atoms with Crippen LogP contribution < -0.4 is 16.0 Å². The molecule has 0 aliphatic heterocycles. The standard InChI is InChI=1S/C16H26N4O2/c1-17-8-7-15(21)19-12-13-5-4-6-14(11-13)16(22)18-9-10-20(2)3/h4-6,11,17H,7-10,12H2,1-3H3,(H,18,22)(H,19,21). The summed E-state index contributed by atoms with van der Waals surface area (Å²) in [5.74, 6) is -0.0969. The second-order valence-corrected chi connectivity index (χ2v) is 5.39. The fraction of sp³-hybridized carbons (Fsp3) is 0.500. The quantitative estimate of drug-likeness (QED) is 0.609. The Labute approximate surface area is 132 Å². The highest BCUT2D eigenvalue weighted by Gasteiger charge is 2.06. The summed E-state index contributed by atoms with van der Waals surface area (Å²) in [6, 6.07) is 7.31. The molecule has 0 atom stereocenters. The van der Waals surface area contributed by atoms with Gasteiger partial charge in [0, 0.05) is 38.2 Å². The predicted molar refractivity (Wildman–Crippen MR) is 87.7 cm³/mol. The summed E-state index contributed by atoms with van der Waals surface area (Å²) in [5, 5.41) is 8.65. The van der Waals surface area contributed by atoms with Crippen molar-refractivity contribution >= 4 is 11.8 Å². The molecule has 0 heterocycles. The van der Waals surface area contributed by atoms with Crippen molar-refractivity contribution in [3.05, 3.63) is 35.4 Å². The first-order valence-corrected chi connectivity index (χ1v) is 7.46. The molecule has 0 radical (unpaired) electrons. The van der Waals surface area contributed by atoms with Crippen molar-refractivity contribution in [3.8, 4) is 0 Å². The van der Waals surface area contributed by atoms with Crippen LogP contribution in [0.25, 0.3) is 0 Å². The summed E-state index contributed by atoms with van der Waals surface area (Å²) in [7, 11) is 5.73. The van der Waals surface area contributed by atoms with Crippen molar-refractivity contribution in [2.45, 2.75) is 13.0 Å². The van der Waals surface area contributed by atoms with E-state index >= 15 is 0 Å². The third kappa shape index (κ3) is 7.19. The Kier molecular flexibility index (Phi) is 8.17. The van der Waals surface area contributed by atoms with Crippen LogP contribution in [0, 0.1) is 0 Å². The Hall–Kier alpha value is -1.92. The summed E-state index contributed by atoms with van der Waals surface area (Å²) >= 11 is 0. The smallest absolute Gasteiger partial charge is 0.251 e. The first-order valence-electron chi connectivity index (χ1n) is 7.46. The lowest BCUT2D eigenvalue weighted by Crippen LogP contribution is -2.31. The van der Waals surface area contributed by atoms with Gasteiger partial charge in [-0.1, -0.05) is 12.1 Å². The molecule has 0 aliphatic carbocycles. The van der Waals surface area contributed by atoms with Crippen molar-refractivity contribution in [2.24, 2.45) is 0 Å². The third-order valence-corrected chi connectivity index (χ3v) is 3.13. The summed E-state index contributed by atoms with van der Waals surface area (Å²) in [4.78, 5) is 25.6. The van der Waals surface area contributed by atoms with Gasteiger partial charge in [-0.2, -0.15) is 0 Å². The van der Waals surface area contributed by atoms with Crippen LogP contribution in [0.4, 0.5) is 0 Å². The lowest BCUT2D eigenvalue weighted by atomic mass is 10.1. The molecular weight excluding hydrogens is 280 g/mol. The van der Waals surface area contributed by atoms with Crippen molar-refractivity contribution < 1.29 is 9.59 Å². The number of nitrogens with one attached hydrogen (secondary N) is 3. The van der Waals surface area contributed by atoms with E-state index < -0.39 is 0 Å². The van der Waals surface area contributed by atoms with Gasteiger partial charge in [-0.3, -0.25) is 9.59 Å². The average molecular weight is 306 g/mol. The molecule has 0 spiro atoms. The molecule has 6 nitrogen and oxygen atoms in total. The van der Waals surface area contributed by atoms with Crippen LogP contribution in [-0.4, -0.2) is 57.5 Å². The summed E-state index contributed by atoms with van der Waals surface area (Å²) < 4.78 is 0. The second-order valence-electron chi connectivity index (χ2n) is 5.39. The fourth-order valence-corrected chi connectivity index (χ4v) is 1.85. The van der Waals surface area contributed by atoms with Crippen molar-refractivity contribution in [1.82, 2.24) is 20.9 Å². The molecule has 0 aliphatic rings. The normalized spacial score (nSPS) is 10.5. The number of nitrogens with zero attached hydrogens (tertiary/aromatic N) is 1. The molecule has 1 aromatic carbocycles. The van der Waals surface area contributed by atoms with E-state index in [9.17, 15) is 9.59 Å². The number of rotatable bonds is 9. The van der Waals surface area contributed by atoms with Crippen LogP contribution in [0.3, 0.4) is 0 Å². The largest absolute Gasteiger partial charge is 0.352 e.